The van der Waals surface area contributed by atoms with Gasteiger partial charge in [0.2, 0.25) is 0 Å². The molecule has 23 heavy (non-hydrogen) atoms. The molecular formula is C18H16N2O3. The molecule has 2 aromatic heterocycles. The smallest absolute Gasteiger partial charge is 0.339 e. The zero-order valence-corrected chi connectivity index (χ0v) is 12.9. The molecule has 3 aromatic rings. The minimum absolute atomic E-state index is 0.00227. The largest absolute Gasteiger partial charge is 0.478 e. The molecule has 0 aliphatic heterocycles. The van der Waals surface area contributed by atoms with Gasteiger partial charge in [0.15, 0.2) is 5.82 Å². The van der Waals surface area contributed by atoms with Gasteiger partial charge in [-0.15, -0.1) is 0 Å². The number of carboxylic acids is 1. The molecule has 0 saturated heterocycles. The summed E-state index contributed by atoms with van der Waals surface area (Å²) in [6.45, 7) is 3.81. The van der Waals surface area contributed by atoms with Crippen LogP contribution in [0, 0.1) is 0 Å². The first-order valence-electron chi connectivity index (χ1n) is 7.31. The number of fused-ring (bicyclic) bond motifs is 1. The number of carbonyl (C=O) groups is 1. The lowest BCUT2D eigenvalue weighted by molar-refractivity contribution is 0.0694. The summed E-state index contributed by atoms with van der Waals surface area (Å²) in [6.07, 6.45) is 4.85. The minimum atomic E-state index is -1.01. The number of para-hydroxylation sites is 1. The quantitative estimate of drug-likeness (QED) is 0.781. The predicted molar refractivity (Wildman–Crippen MR) is 88.2 cm³/mol. The van der Waals surface area contributed by atoms with E-state index in [2.05, 4.69) is 9.97 Å². The van der Waals surface area contributed by atoms with Gasteiger partial charge < -0.3 is 9.52 Å². The molecule has 0 aliphatic rings. The highest BCUT2D eigenvalue weighted by molar-refractivity contribution is 5.89. The standard InChI is InChI=1S/C18H16N2O3/c1-11(2)17-14(18(21)22)10-19-16(20-17)8-7-13-9-12-5-3-4-6-15(12)23-13/h3-11H,1-2H3,(H,21,22)/b8-7+. The highest BCUT2D eigenvalue weighted by Crippen LogP contribution is 2.21. The van der Waals surface area contributed by atoms with Gasteiger partial charge in [0.25, 0.3) is 0 Å². The van der Waals surface area contributed by atoms with Gasteiger partial charge in [-0.25, -0.2) is 14.8 Å². The van der Waals surface area contributed by atoms with Crippen molar-refractivity contribution >= 4 is 29.1 Å². The van der Waals surface area contributed by atoms with Crippen LogP contribution in [-0.2, 0) is 0 Å². The van der Waals surface area contributed by atoms with Crippen molar-refractivity contribution in [3.05, 3.63) is 59.4 Å². The van der Waals surface area contributed by atoms with Crippen molar-refractivity contribution in [2.45, 2.75) is 19.8 Å². The summed E-state index contributed by atoms with van der Waals surface area (Å²) in [7, 11) is 0. The van der Waals surface area contributed by atoms with Crippen LogP contribution in [0.15, 0.2) is 40.9 Å². The number of hydrogen-bond donors (Lipinski definition) is 1. The topological polar surface area (TPSA) is 76.2 Å². The molecule has 1 aromatic carbocycles. The third-order valence-corrected chi connectivity index (χ3v) is 3.46. The summed E-state index contributed by atoms with van der Waals surface area (Å²) in [4.78, 5) is 19.6. The van der Waals surface area contributed by atoms with Crippen LogP contribution < -0.4 is 0 Å². The summed E-state index contributed by atoms with van der Waals surface area (Å²) >= 11 is 0. The van der Waals surface area contributed by atoms with Crippen LogP contribution in [0.2, 0.25) is 0 Å². The zero-order valence-electron chi connectivity index (χ0n) is 12.9. The van der Waals surface area contributed by atoms with E-state index in [9.17, 15) is 9.90 Å². The SMILES string of the molecule is CC(C)c1nc(/C=C/c2cc3ccccc3o2)ncc1C(=O)O. The number of nitrogens with zero attached hydrogens (tertiary/aromatic N) is 2. The van der Waals surface area contributed by atoms with Crippen LogP contribution in [0.1, 0.15) is 47.4 Å². The van der Waals surface area contributed by atoms with Crippen molar-refractivity contribution in [2.24, 2.45) is 0 Å². The Morgan fingerprint density at radius 2 is 2.04 bits per heavy atom. The number of carboxylic acid groups (broad SMARTS) is 1. The van der Waals surface area contributed by atoms with E-state index in [1.54, 1.807) is 12.2 Å². The fourth-order valence-corrected chi connectivity index (χ4v) is 2.34. The fourth-order valence-electron chi connectivity index (χ4n) is 2.34. The van der Waals surface area contributed by atoms with Gasteiger partial charge in [-0.05, 0) is 30.2 Å². The highest BCUT2D eigenvalue weighted by Gasteiger charge is 2.15. The van der Waals surface area contributed by atoms with Crippen LogP contribution in [0.5, 0.6) is 0 Å². The molecule has 0 amide bonds. The van der Waals surface area contributed by atoms with E-state index in [1.807, 2.05) is 44.2 Å². The maximum Gasteiger partial charge on any atom is 0.339 e. The van der Waals surface area contributed by atoms with Gasteiger partial charge >= 0.3 is 5.97 Å². The molecule has 5 heteroatoms. The Morgan fingerprint density at radius 3 is 2.74 bits per heavy atom. The zero-order chi connectivity index (χ0) is 16.4. The van der Waals surface area contributed by atoms with Crippen LogP contribution in [0.25, 0.3) is 23.1 Å². The Hall–Kier alpha value is -2.95. The van der Waals surface area contributed by atoms with Crippen molar-refractivity contribution in [3.8, 4) is 0 Å². The number of aromatic carboxylic acids is 1. The Morgan fingerprint density at radius 1 is 1.26 bits per heavy atom. The maximum absolute atomic E-state index is 11.2. The number of hydrogen-bond acceptors (Lipinski definition) is 4. The molecule has 116 valence electrons. The highest BCUT2D eigenvalue weighted by atomic mass is 16.4. The summed E-state index contributed by atoms with van der Waals surface area (Å²) in [5.74, 6) is 0.145. The van der Waals surface area contributed by atoms with E-state index in [-0.39, 0.29) is 11.5 Å². The van der Waals surface area contributed by atoms with E-state index >= 15 is 0 Å². The Kier molecular flexibility index (Phi) is 3.93. The maximum atomic E-state index is 11.2. The van der Waals surface area contributed by atoms with Crippen molar-refractivity contribution in [1.82, 2.24) is 9.97 Å². The second-order valence-electron chi connectivity index (χ2n) is 5.51. The molecular weight excluding hydrogens is 292 g/mol. The number of aromatic nitrogens is 2. The van der Waals surface area contributed by atoms with Crippen LogP contribution in [0.3, 0.4) is 0 Å². The lowest BCUT2D eigenvalue weighted by atomic mass is 10.1. The summed E-state index contributed by atoms with van der Waals surface area (Å²) in [5, 5.41) is 10.2. The van der Waals surface area contributed by atoms with Crippen molar-refractivity contribution in [3.63, 3.8) is 0 Å². The normalized spacial score (nSPS) is 11.6. The summed E-state index contributed by atoms with van der Waals surface area (Å²) in [5.41, 5.74) is 1.48. The first-order valence-corrected chi connectivity index (χ1v) is 7.31. The summed E-state index contributed by atoms with van der Waals surface area (Å²) in [6, 6.07) is 9.68. The molecule has 2 heterocycles. The molecule has 0 spiro atoms. The van der Waals surface area contributed by atoms with Crippen molar-refractivity contribution < 1.29 is 14.3 Å². The van der Waals surface area contributed by atoms with Crippen LogP contribution in [-0.4, -0.2) is 21.0 Å². The third kappa shape index (κ3) is 3.13. The van der Waals surface area contributed by atoms with Crippen molar-refractivity contribution in [2.75, 3.05) is 0 Å². The van der Waals surface area contributed by atoms with E-state index < -0.39 is 5.97 Å². The minimum Gasteiger partial charge on any atom is -0.478 e. The van der Waals surface area contributed by atoms with Gasteiger partial charge in [0.1, 0.15) is 11.3 Å². The Labute approximate surface area is 133 Å². The number of furan rings is 1. The van der Waals surface area contributed by atoms with Gasteiger partial charge in [0, 0.05) is 11.6 Å². The van der Waals surface area contributed by atoms with Gasteiger partial charge in [0.05, 0.1) is 11.3 Å². The van der Waals surface area contributed by atoms with Crippen molar-refractivity contribution in [1.29, 1.82) is 0 Å². The molecule has 1 N–H and O–H groups in total. The number of rotatable bonds is 4. The van der Waals surface area contributed by atoms with E-state index in [0.29, 0.717) is 17.3 Å². The molecule has 0 radical (unpaired) electrons. The van der Waals surface area contributed by atoms with Gasteiger partial charge in [-0.3, -0.25) is 0 Å². The monoisotopic (exact) mass is 308 g/mol. The molecule has 0 aliphatic carbocycles. The average molecular weight is 308 g/mol. The Bertz CT molecular complexity index is 861. The molecule has 0 fully saturated rings. The fraction of sp³-hybridized carbons (Fsp3) is 0.167. The predicted octanol–water partition coefficient (Wildman–Crippen LogP) is 4.21. The first-order chi connectivity index (χ1) is 11.0. The van der Waals surface area contributed by atoms with Crippen LogP contribution in [0.4, 0.5) is 0 Å². The summed E-state index contributed by atoms with van der Waals surface area (Å²) < 4.78 is 5.69. The molecule has 0 bridgehead atoms. The van der Waals surface area contributed by atoms with Crippen LogP contribution >= 0.6 is 0 Å². The lowest BCUT2D eigenvalue weighted by Gasteiger charge is -2.08. The lowest BCUT2D eigenvalue weighted by Crippen LogP contribution is -2.08. The third-order valence-electron chi connectivity index (χ3n) is 3.46. The molecule has 0 saturated carbocycles. The Balaban J connectivity index is 1.92. The first kappa shape index (κ1) is 15.0. The molecule has 0 atom stereocenters. The molecule has 3 rings (SSSR count). The molecule has 5 nitrogen and oxygen atoms in total. The van der Waals surface area contributed by atoms with E-state index in [4.69, 9.17) is 4.42 Å². The second-order valence-corrected chi connectivity index (χ2v) is 5.51. The van der Waals surface area contributed by atoms with Gasteiger partial charge in [-0.1, -0.05) is 32.0 Å². The number of benzene rings is 1. The van der Waals surface area contributed by atoms with E-state index in [1.165, 1.54) is 6.20 Å². The second kappa shape index (κ2) is 6.04. The van der Waals surface area contributed by atoms with E-state index in [0.717, 1.165) is 11.0 Å². The molecule has 0 unspecified atom stereocenters. The van der Waals surface area contributed by atoms with Gasteiger partial charge in [-0.2, -0.15) is 0 Å². The average Bonchev–Trinajstić information content (AvgIpc) is 2.95.